The molecule has 0 bridgehead atoms. The summed E-state index contributed by atoms with van der Waals surface area (Å²) >= 11 is 0. The monoisotopic (exact) mass is 222 g/mol. The quantitative estimate of drug-likeness (QED) is 0.613. The van der Waals surface area contributed by atoms with Crippen molar-refractivity contribution in [3.63, 3.8) is 0 Å². The van der Waals surface area contributed by atoms with Crippen molar-refractivity contribution in [3.05, 3.63) is 12.2 Å². The Kier molecular flexibility index (Phi) is 2.76. The summed E-state index contributed by atoms with van der Waals surface area (Å²) in [6.45, 7) is 0.362. The van der Waals surface area contributed by atoms with Gasteiger partial charge < -0.3 is 15.8 Å². The molecule has 2 aromatic heterocycles. The molecule has 2 aromatic rings. The molecule has 0 unspecified atom stereocenters. The number of methoxy groups -OCH3 is 1. The van der Waals surface area contributed by atoms with Gasteiger partial charge in [0.1, 0.15) is 12.0 Å². The van der Waals surface area contributed by atoms with E-state index in [9.17, 15) is 0 Å². The van der Waals surface area contributed by atoms with E-state index in [1.807, 2.05) is 0 Å². The fourth-order valence-corrected chi connectivity index (χ4v) is 1.10. The second-order valence-electron chi connectivity index (χ2n) is 2.83. The number of nitrogen functional groups attached to an aromatic ring is 1. The van der Waals surface area contributed by atoms with Gasteiger partial charge in [-0.2, -0.15) is 10.2 Å². The third-order valence-electron chi connectivity index (χ3n) is 1.84. The molecule has 0 spiro atoms. The third-order valence-corrected chi connectivity index (χ3v) is 1.84. The molecule has 0 aromatic carbocycles. The van der Waals surface area contributed by atoms with Crippen molar-refractivity contribution in [1.82, 2.24) is 30.6 Å². The van der Waals surface area contributed by atoms with E-state index < -0.39 is 0 Å². The minimum Gasteiger partial charge on any atom is -0.479 e. The van der Waals surface area contributed by atoms with Crippen molar-refractivity contribution in [1.29, 1.82) is 0 Å². The number of anilines is 2. The van der Waals surface area contributed by atoms with Gasteiger partial charge in [-0.1, -0.05) is 5.21 Å². The van der Waals surface area contributed by atoms with Crippen LogP contribution in [0.15, 0.2) is 6.33 Å². The number of nitrogens with zero attached hydrogens (tertiary/aromatic N) is 5. The maximum atomic E-state index is 5.76. The van der Waals surface area contributed by atoms with E-state index in [2.05, 4.69) is 35.9 Å². The fourth-order valence-electron chi connectivity index (χ4n) is 1.10. The van der Waals surface area contributed by atoms with Gasteiger partial charge in [0.25, 0.3) is 0 Å². The first-order valence-corrected chi connectivity index (χ1v) is 4.42. The summed E-state index contributed by atoms with van der Waals surface area (Å²) in [5.74, 6) is 1.30. The first kappa shape index (κ1) is 10.1. The van der Waals surface area contributed by atoms with E-state index in [0.717, 1.165) is 0 Å². The molecule has 0 fully saturated rings. The Labute approximate surface area is 90.4 Å². The van der Waals surface area contributed by atoms with Crippen molar-refractivity contribution in [2.75, 3.05) is 18.2 Å². The predicted octanol–water partition coefficient (Wildman–Crippen LogP) is -0.807. The zero-order valence-corrected chi connectivity index (χ0v) is 8.51. The summed E-state index contributed by atoms with van der Waals surface area (Å²) in [6.07, 6.45) is 1.35. The van der Waals surface area contributed by atoms with Crippen LogP contribution in [0.2, 0.25) is 0 Å². The molecule has 0 radical (unpaired) electrons. The highest BCUT2D eigenvalue weighted by Crippen LogP contribution is 2.23. The second kappa shape index (κ2) is 4.38. The number of H-pyrrole nitrogens is 1. The normalized spacial score (nSPS) is 10.1. The summed E-state index contributed by atoms with van der Waals surface area (Å²) in [7, 11) is 1.49. The van der Waals surface area contributed by atoms with E-state index in [4.69, 9.17) is 10.5 Å². The molecule has 9 nitrogen and oxygen atoms in total. The zero-order chi connectivity index (χ0) is 11.4. The highest BCUT2D eigenvalue weighted by atomic mass is 16.5. The van der Waals surface area contributed by atoms with Crippen molar-refractivity contribution in [2.24, 2.45) is 0 Å². The molecule has 0 aliphatic carbocycles. The number of rotatable bonds is 4. The second-order valence-corrected chi connectivity index (χ2v) is 2.83. The topological polar surface area (TPSA) is 128 Å². The van der Waals surface area contributed by atoms with Gasteiger partial charge in [-0.3, -0.25) is 0 Å². The average Bonchev–Trinajstić information content (AvgIpc) is 2.81. The number of hydrogen-bond acceptors (Lipinski definition) is 8. The van der Waals surface area contributed by atoms with Gasteiger partial charge >= 0.3 is 0 Å². The van der Waals surface area contributed by atoms with Crippen LogP contribution in [-0.2, 0) is 6.54 Å². The van der Waals surface area contributed by atoms with Crippen LogP contribution in [0.3, 0.4) is 0 Å². The Balaban J connectivity index is 2.09. The molecule has 84 valence electrons. The van der Waals surface area contributed by atoms with Crippen molar-refractivity contribution < 1.29 is 4.74 Å². The molecule has 4 N–H and O–H groups in total. The number of aromatic amines is 1. The van der Waals surface area contributed by atoms with Crippen LogP contribution in [0, 0.1) is 0 Å². The standard InChI is InChI=1S/C7H10N8O/c1-16-7-5(8)6(10-3-11-7)9-2-4-12-14-15-13-4/h3H,2,8H2,1H3,(H,9,10,11)(H,12,13,14,15). The van der Waals surface area contributed by atoms with Crippen LogP contribution in [0.1, 0.15) is 5.82 Å². The van der Waals surface area contributed by atoms with Gasteiger partial charge in [-0.25, -0.2) is 4.98 Å². The van der Waals surface area contributed by atoms with Gasteiger partial charge in [-0.05, 0) is 0 Å². The number of nitrogens with two attached hydrogens (primary N) is 1. The molecule has 0 saturated carbocycles. The van der Waals surface area contributed by atoms with Crippen LogP contribution in [0.5, 0.6) is 5.88 Å². The molecule has 16 heavy (non-hydrogen) atoms. The first-order valence-electron chi connectivity index (χ1n) is 4.42. The van der Waals surface area contributed by atoms with Gasteiger partial charge in [0.05, 0.1) is 13.7 Å². The largest absolute Gasteiger partial charge is 0.479 e. The van der Waals surface area contributed by atoms with E-state index in [1.54, 1.807) is 0 Å². The molecule has 2 heterocycles. The molecule has 0 aliphatic rings. The van der Waals surface area contributed by atoms with Gasteiger partial charge in [-0.15, -0.1) is 10.2 Å². The van der Waals surface area contributed by atoms with Gasteiger partial charge in [0, 0.05) is 0 Å². The number of nitrogens with one attached hydrogen (secondary N) is 2. The smallest absolute Gasteiger partial charge is 0.242 e. The molecule has 0 amide bonds. The van der Waals surface area contributed by atoms with Crippen molar-refractivity contribution in [2.45, 2.75) is 6.54 Å². The molecule has 0 atom stereocenters. The summed E-state index contributed by atoms with van der Waals surface area (Å²) < 4.78 is 4.96. The number of tetrazole rings is 1. The maximum absolute atomic E-state index is 5.76. The van der Waals surface area contributed by atoms with Gasteiger partial charge in [0.2, 0.25) is 5.88 Å². The summed E-state index contributed by atoms with van der Waals surface area (Å²) in [6, 6.07) is 0. The molecule has 9 heteroatoms. The summed E-state index contributed by atoms with van der Waals surface area (Å²) in [5, 5.41) is 16.3. The Morgan fingerprint density at radius 1 is 1.50 bits per heavy atom. The van der Waals surface area contributed by atoms with Crippen molar-refractivity contribution >= 4 is 11.5 Å². The lowest BCUT2D eigenvalue weighted by Gasteiger charge is -2.08. The number of ether oxygens (including phenoxy) is 1. The first-order chi connectivity index (χ1) is 7.81. The lowest BCUT2D eigenvalue weighted by atomic mass is 10.4. The van der Waals surface area contributed by atoms with E-state index in [0.29, 0.717) is 29.8 Å². The van der Waals surface area contributed by atoms with Crippen LogP contribution < -0.4 is 15.8 Å². The van der Waals surface area contributed by atoms with E-state index >= 15 is 0 Å². The van der Waals surface area contributed by atoms with Crippen LogP contribution >= 0.6 is 0 Å². The molecule has 2 rings (SSSR count). The minimum atomic E-state index is 0.325. The van der Waals surface area contributed by atoms with Crippen LogP contribution in [-0.4, -0.2) is 37.7 Å². The molecular formula is C7H10N8O. The van der Waals surface area contributed by atoms with E-state index in [1.165, 1.54) is 13.4 Å². The lowest BCUT2D eigenvalue weighted by molar-refractivity contribution is 0.399. The highest BCUT2D eigenvalue weighted by Gasteiger charge is 2.08. The SMILES string of the molecule is COc1ncnc(NCc2nn[nH]n2)c1N. The Morgan fingerprint density at radius 3 is 3.06 bits per heavy atom. The van der Waals surface area contributed by atoms with Gasteiger partial charge in [0.15, 0.2) is 11.6 Å². The molecule has 0 saturated heterocycles. The van der Waals surface area contributed by atoms with E-state index in [-0.39, 0.29) is 0 Å². The van der Waals surface area contributed by atoms with Crippen LogP contribution in [0.25, 0.3) is 0 Å². The number of aromatic nitrogens is 6. The fraction of sp³-hybridized carbons (Fsp3) is 0.286. The molecular weight excluding hydrogens is 212 g/mol. The Hall–Kier alpha value is -2.45. The maximum Gasteiger partial charge on any atom is 0.242 e. The van der Waals surface area contributed by atoms with Crippen LogP contribution in [0.4, 0.5) is 11.5 Å². The Bertz CT molecular complexity index is 455. The zero-order valence-electron chi connectivity index (χ0n) is 8.51. The Morgan fingerprint density at radius 2 is 2.38 bits per heavy atom. The lowest BCUT2D eigenvalue weighted by Crippen LogP contribution is -2.07. The molecule has 0 aliphatic heterocycles. The third kappa shape index (κ3) is 1.97. The predicted molar refractivity (Wildman–Crippen MR) is 54.5 cm³/mol. The van der Waals surface area contributed by atoms with Crippen molar-refractivity contribution in [3.8, 4) is 5.88 Å². The highest BCUT2D eigenvalue weighted by molar-refractivity contribution is 5.66. The average molecular weight is 222 g/mol. The summed E-state index contributed by atoms with van der Waals surface area (Å²) in [4.78, 5) is 7.83. The number of hydrogen-bond donors (Lipinski definition) is 3. The summed E-state index contributed by atoms with van der Waals surface area (Å²) in [5.41, 5.74) is 6.10. The minimum absolute atomic E-state index is 0.325.